The van der Waals surface area contributed by atoms with E-state index >= 15 is 0 Å². The van der Waals surface area contributed by atoms with E-state index in [9.17, 15) is 19.5 Å². The molecule has 200 valence electrons. The smallest absolute Gasteiger partial charge is 0.252 e. The number of aliphatic hydroxyl groups excluding tert-OH is 1. The fourth-order valence-electron chi connectivity index (χ4n) is 4.45. The third-order valence-corrected chi connectivity index (χ3v) is 7.40. The van der Waals surface area contributed by atoms with Crippen molar-refractivity contribution >= 4 is 29.1 Å². The number of aliphatic hydroxyl groups is 1. The van der Waals surface area contributed by atoms with E-state index in [1.165, 1.54) is 4.90 Å². The van der Waals surface area contributed by atoms with Crippen LogP contribution in [-0.4, -0.2) is 64.1 Å². The molecule has 0 saturated carbocycles. The number of hydrogen-bond donors (Lipinski definition) is 3. The summed E-state index contributed by atoms with van der Waals surface area (Å²) in [6, 6.07) is 12.9. The number of likely N-dealkylation sites (tertiary alicyclic amines) is 1. The monoisotopic (exact) mass is 536 g/mol. The van der Waals surface area contributed by atoms with Gasteiger partial charge in [-0.2, -0.15) is 0 Å². The first-order valence-electron chi connectivity index (χ1n) is 12.6. The molecule has 9 nitrogen and oxygen atoms in total. The van der Waals surface area contributed by atoms with Crippen molar-refractivity contribution in [1.29, 1.82) is 0 Å². The molecule has 1 saturated heterocycles. The summed E-state index contributed by atoms with van der Waals surface area (Å²) in [7, 11) is 0. The maximum atomic E-state index is 13.2. The summed E-state index contributed by atoms with van der Waals surface area (Å²) < 4.78 is 5.44. The highest BCUT2D eigenvalue weighted by Gasteiger charge is 2.40. The topological polar surface area (TPSA) is 121 Å². The lowest BCUT2D eigenvalue weighted by molar-refractivity contribution is -0.139. The number of aryl methyl sites for hydroxylation is 1. The normalized spacial score (nSPS) is 17.6. The van der Waals surface area contributed by atoms with Crippen molar-refractivity contribution in [1.82, 2.24) is 20.5 Å². The predicted molar refractivity (Wildman–Crippen MR) is 145 cm³/mol. The highest BCUT2D eigenvalue weighted by Crippen LogP contribution is 2.27. The lowest BCUT2D eigenvalue weighted by Crippen LogP contribution is -2.52. The van der Waals surface area contributed by atoms with E-state index in [4.69, 9.17) is 4.74 Å². The van der Waals surface area contributed by atoms with E-state index in [0.29, 0.717) is 17.9 Å². The maximum absolute atomic E-state index is 13.2. The zero-order valence-electron chi connectivity index (χ0n) is 21.6. The summed E-state index contributed by atoms with van der Waals surface area (Å²) in [4.78, 5) is 45.7. The number of ether oxygens (including phenoxy) is 1. The van der Waals surface area contributed by atoms with E-state index in [1.54, 1.807) is 42.5 Å². The first kappa shape index (κ1) is 27.3. The molecule has 10 heteroatoms. The number of β-amino-alcohol motifs (C(OH)–C–C–N with tert-alkyl or cyclic N) is 1. The highest BCUT2D eigenvalue weighted by atomic mass is 32.1. The van der Waals surface area contributed by atoms with Crippen LogP contribution in [0.1, 0.15) is 41.9 Å². The molecule has 2 aromatic carbocycles. The molecule has 0 aliphatic carbocycles. The van der Waals surface area contributed by atoms with Gasteiger partial charge in [0.05, 0.1) is 28.8 Å². The van der Waals surface area contributed by atoms with Crippen LogP contribution in [0.15, 0.2) is 54.0 Å². The second-order valence-corrected chi connectivity index (χ2v) is 10.1. The molecule has 1 aromatic heterocycles. The number of carbonyl (C=O) groups excluding carboxylic acids is 3. The number of thiazole rings is 1. The van der Waals surface area contributed by atoms with Gasteiger partial charge in [0.25, 0.3) is 5.91 Å². The minimum atomic E-state index is -0.887. The zero-order valence-corrected chi connectivity index (χ0v) is 22.5. The molecule has 3 atom stereocenters. The fourth-order valence-corrected chi connectivity index (χ4v) is 5.26. The second kappa shape index (κ2) is 12.2. The zero-order chi connectivity index (χ0) is 27.2. The number of hydrogen-bond acceptors (Lipinski definition) is 7. The highest BCUT2D eigenvalue weighted by molar-refractivity contribution is 7.13. The third-order valence-electron chi connectivity index (χ3n) is 6.42. The van der Waals surface area contributed by atoms with Crippen molar-refractivity contribution < 1.29 is 24.2 Å². The Hall–Kier alpha value is -3.76. The predicted octanol–water partition coefficient (Wildman–Crippen LogP) is 2.91. The summed E-state index contributed by atoms with van der Waals surface area (Å²) in [5, 5.41) is 15.8. The van der Waals surface area contributed by atoms with Crippen LogP contribution >= 0.6 is 11.3 Å². The summed E-state index contributed by atoms with van der Waals surface area (Å²) in [6.07, 6.45) is -0.680. The van der Waals surface area contributed by atoms with Gasteiger partial charge in [0.1, 0.15) is 17.8 Å². The first-order valence-corrected chi connectivity index (χ1v) is 13.4. The first-order chi connectivity index (χ1) is 18.3. The molecule has 4 rings (SSSR count). The van der Waals surface area contributed by atoms with Gasteiger partial charge in [-0.25, -0.2) is 4.98 Å². The van der Waals surface area contributed by atoms with Crippen molar-refractivity contribution in [2.75, 3.05) is 13.2 Å². The van der Waals surface area contributed by atoms with Crippen molar-refractivity contribution in [2.24, 2.45) is 0 Å². The van der Waals surface area contributed by atoms with Crippen molar-refractivity contribution in [2.45, 2.75) is 51.9 Å². The number of nitrogens with zero attached hydrogens (tertiary/aromatic N) is 2. The molecule has 38 heavy (non-hydrogen) atoms. The van der Waals surface area contributed by atoms with Crippen LogP contribution in [-0.2, 0) is 16.1 Å². The number of amides is 3. The van der Waals surface area contributed by atoms with Crippen LogP contribution in [0.3, 0.4) is 0 Å². The van der Waals surface area contributed by atoms with Gasteiger partial charge < -0.3 is 25.4 Å². The van der Waals surface area contributed by atoms with Crippen LogP contribution in [0.25, 0.3) is 10.4 Å². The lowest BCUT2D eigenvalue weighted by Gasteiger charge is -2.27. The molecule has 3 aromatic rings. The quantitative estimate of drug-likeness (QED) is 0.387. The van der Waals surface area contributed by atoms with Crippen LogP contribution < -0.4 is 15.4 Å². The van der Waals surface area contributed by atoms with Crippen LogP contribution in [0.2, 0.25) is 0 Å². The van der Waals surface area contributed by atoms with Crippen LogP contribution in [0.5, 0.6) is 5.75 Å². The molecule has 0 bridgehead atoms. The van der Waals surface area contributed by atoms with Gasteiger partial charge in [0, 0.05) is 25.1 Å². The van der Waals surface area contributed by atoms with Gasteiger partial charge in [-0.15, -0.1) is 11.3 Å². The average Bonchev–Trinajstić information content (AvgIpc) is 3.52. The number of carbonyl (C=O) groups is 3. The largest absolute Gasteiger partial charge is 0.494 e. The Morgan fingerprint density at radius 1 is 1.21 bits per heavy atom. The minimum absolute atomic E-state index is 0.0276. The molecule has 3 N–H and O–H groups in total. The number of benzene rings is 2. The Kier molecular flexibility index (Phi) is 8.75. The van der Waals surface area contributed by atoms with Gasteiger partial charge in [0.15, 0.2) is 0 Å². The Morgan fingerprint density at radius 3 is 2.66 bits per heavy atom. The van der Waals surface area contributed by atoms with E-state index in [1.807, 2.05) is 43.6 Å². The number of nitrogens with one attached hydrogen (secondary N) is 2. The molecular formula is C28H32N4O5S. The molecule has 1 aliphatic heterocycles. The molecule has 0 radical (unpaired) electrons. The summed E-state index contributed by atoms with van der Waals surface area (Å²) in [5.41, 5.74) is 5.13. The van der Waals surface area contributed by atoms with Gasteiger partial charge in [-0.3, -0.25) is 14.4 Å². The minimum Gasteiger partial charge on any atom is -0.494 e. The van der Waals surface area contributed by atoms with Crippen molar-refractivity contribution in [3.63, 3.8) is 0 Å². The molecule has 3 unspecified atom stereocenters. The van der Waals surface area contributed by atoms with E-state index in [2.05, 4.69) is 15.6 Å². The molecule has 2 heterocycles. The Bertz CT molecular complexity index is 1290. The van der Waals surface area contributed by atoms with Crippen LogP contribution in [0, 0.1) is 6.92 Å². The van der Waals surface area contributed by atoms with E-state index in [0.717, 1.165) is 21.7 Å². The number of aromatic nitrogens is 1. The van der Waals surface area contributed by atoms with E-state index < -0.39 is 30.0 Å². The standard InChI is InChI=1S/C28H32N4O5S/c1-4-37-23-7-5-6-21(12-23)26(34)31-18(3)28(36)32-15-22(33)13-24(32)27(35)29-14-19-8-10-20(11-9-19)25-17(2)30-16-38-25/h5-12,16,18,22,24,33H,4,13-15H2,1-3H3,(H,29,35)(H,31,34). The second-order valence-electron chi connectivity index (χ2n) is 9.23. The van der Waals surface area contributed by atoms with Crippen molar-refractivity contribution in [3.8, 4) is 16.2 Å². The Morgan fingerprint density at radius 2 is 1.97 bits per heavy atom. The maximum Gasteiger partial charge on any atom is 0.252 e. The van der Waals surface area contributed by atoms with Gasteiger partial charge in [-0.1, -0.05) is 30.3 Å². The number of rotatable bonds is 9. The lowest BCUT2D eigenvalue weighted by atomic mass is 10.1. The van der Waals surface area contributed by atoms with Gasteiger partial charge in [-0.05, 0) is 50.1 Å². The molecule has 0 spiro atoms. The Balaban J connectivity index is 1.35. The molecule has 1 fully saturated rings. The summed E-state index contributed by atoms with van der Waals surface area (Å²) >= 11 is 1.58. The third kappa shape index (κ3) is 6.38. The molecule has 1 aliphatic rings. The van der Waals surface area contributed by atoms with Gasteiger partial charge in [0.2, 0.25) is 11.8 Å². The van der Waals surface area contributed by atoms with Gasteiger partial charge >= 0.3 is 0 Å². The van der Waals surface area contributed by atoms with Crippen molar-refractivity contribution in [3.05, 3.63) is 70.9 Å². The van der Waals surface area contributed by atoms with E-state index in [-0.39, 0.29) is 25.4 Å². The SMILES string of the molecule is CCOc1cccc(C(=O)NC(C)C(=O)N2CC(O)CC2C(=O)NCc2ccc(-c3scnc3C)cc2)c1. The summed E-state index contributed by atoms with van der Waals surface area (Å²) in [6.45, 7) is 6.18. The molecule has 3 amide bonds. The van der Waals surface area contributed by atoms with Crippen LogP contribution in [0.4, 0.5) is 0 Å². The summed E-state index contributed by atoms with van der Waals surface area (Å²) in [5.74, 6) is -0.641. The fraction of sp³-hybridized carbons (Fsp3) is 0.357. The molecular weight excluding hydrogens is 504 g/mol. The Labute approximate surface area is 225 Å². The average molecular weight is 537 g/mol.